The van der Waals surface area contributed by atoms with Crippen LogP contribution in [-0.4, -0.2) is 10.9 Å². The monoisotopic (exact) mass is 304 g/mol. The van der Waals surface area contributed by atoms with E-state index in [9.17, 15) is 4.79 Å². The summed E-state index contributed by atoms with van der Waals surface area (Å²) in [5.74, 6) is -0.127. The van der Waals surface area contributed by atoms with Gasteiger partial charge in [-0.05, 0) is 59.1 Å². The molecule has 92 valence electrons. The number of rotatable bonds is 2. The van der Waals surface area contributed by atoms with Crippen molar-refractivity contribution in [2.75, 3.05) is 5.32 Å². The molecule has 3 nitrogen and oxygen atoms in total. The third-order valence-corrected chi connectivity index (χ3v) is 3.17. The molecule has 1 aromatic carbocycles. The fraction of sp³-hybridized carbons (Fsp3) is 0.143. The first-order chi connectivity index (χ1) is 8.56. The zero-order valence-corrected chi connectivity index (χ0v) is 11.8. The van der Waals surface area contributed by atoms with Crippen LogP contribution in [-0.2, 0) is 0 Å². The number of nitrogens with zero attached hydrogens (tertiary/aromatic N) is 1. The maximum Gasteiger partial charge on any atom is 0.255 e. The van der Waals surface area contributed by atoms with Gasteiger partial charge in [-0.2, -0.15) is 0 Å². The number of aromatic nitrogens is 1. The summed E-state index contributed by atoms with van der Waals surface area (Å²) in [5, 5.41) is 2.81. The van der Waals surface area contributed by atoms with Crippen molar-refractivity contribution >= 4 is 27.5 Å². The summed E-state index contributed by atoms with van der Waals surface area (Å²) in [7, 11) is 0. The SMILES string of the molecule is Cc1ccc(C(=O)Nc2cncc(Br)c2)cc1C. The standard InChI is InChI=1S/C14H13BrN2O/c1-9-3-4-11(5-10(9)2)14(18)17-13-6-12(15)7-16-8-13/h3-8H,1-2H3,(H,17,18). The summed E-state index contributed by atoms with van der Waals surface area (Å²) < 4.78 is 0.834. The highest BCUT2D eigenvalue weighted by Gasteiger charge is 2.07. The van der Waals surface area contributed by atoms with E-state index in [1.807, 2.05) is 38.1 Å². The lowest BCUT2D eigenvalue weighted by Crippen LogP contribution is -2.12. The van der Waals surface area contributed by atoms with Crippen molar-refractivity contribution in [3.63, 3.8) is 0 Å². The zero-order valence-electron chi connectivity index (χ0n) is 10.2. The van der Waals surface area contributed by atoms with Crippen molar-refractivity contribution in [3.05, 3.63) is 57.8 Å². The zero-order chi connectivity index (χ0) is 13.1. The molecule has 18 heavy (non-hydrogen) atoms. The molecule has 0 radical (unpaired) electrons. The number of benzene rings is 1. The van der Waals surface area contributed by atoms with Gasteiger partial charge in [0.1, 0.15) is 0 Å². The van der Waals surface area contributed by atoms with Crippen LogP contribution in [0.15, 0.2) is 41.1 Å². The Balaban J connectivity index is 2.19. The smallest absolute Gasteiger partial charge is 0.255 e. The van der Waals surface area contributed by atoms with Crippen molar-refractivity contribution < 1.29 is 4.79 Å². The van der Waals surface area contributed by atoms with Crippen LogP contribution >= 0.6 is 15.9 Å². The van der Waals surface area contributed by atoms with Gasteiger partial charge in [0.25, 0.3) is 5.91 Å². The maximum atomic E-state index is 12.0. The summed E-state index contributed by atoms with van der Waals surface area (Å²) in [6.07, 6.45) is 3.29. The highest BCUT2D eigenvalue weighted by atomic mass is 79.9. The van der Waals surface area contributed by atoms with Gasteiger partial charge in [0.05, 0.1) is 11.9 Å². The predicted octanol–water partition coefficient (Wildman–Crippen LogP) is 3.71. The molecule has 0 atom stereocenters. The number of pyridine rings is 1. The van der Waals surface area contributed by atoms with Crippen LogP contribution in [0.5, 0.6) is 0 Å². The molecule has 0 bridgehead atoms. The second-order valence-corrected chi connectivity index (χ2v) is 5.06. The molecule has 0 spiro atoms. The molecule has 2 aromatic rings. The molecule has 0 aliphatic rings. The third-order valence-electron chi connectivity index (χ3n) is 2.73. The Morgan fingerprint density at radius 2 is 1.94 bits per heavy atom. The number of carbonyl (C=O) groups excluding carboxylic acids is 1. The first-order valence-electron chi connectivity index (χ1n) is 5.55. The average molecular weight is 305 g/mol. The lowest BCUT2D eigenvalue weighted by molar-refractivity contribution is 0.102. The van der Waals surface area contributed by atoms with Crippen LogP contribution in [0.2, 0.25) is 0 Å². The van der Waals surface area contributed by atoms with Crippen LogP contribution in [0.25, 0.3) is 0 Å². The van der Waals surface area contributed by atoms with E-state index in [2.05, 4.69) is 26.2 Å². The molecule has 0 saturated carbocycles. The fourth-order valence-electron chi connectivity index (χ4n) is 1.57. The van der Waals surface area contributed by atoms with Gasteiger partial charge in [-0.3, -0.25) is 9.78 Å². The molecule has 0 aliphatic carbocycles. The second kappa shape index (κ2) is 5.31. The highest BCUT2D eigenvalue weighted by Crippen LogP contribution is 2.16. The summed E-state index contributed by atoms with van der Waals surface area (Å²) >= 11 is 3.32. The normalized spacial score (nSPS) is 10.2. The van der Waals surface area contributed by atoms with Crippen molar-refractivity contribution in [2.24, 2.45) is 0 Å². The fourth-order valence-corrected chi connectivity index (χ4v) is 1.93. The van der Waals surface area contributed by atoms with Gasteiger partial charge in [-0.15, -0.1) is 0 Å². The number of amides is 1. The van der Waals surface area contributed by atoms with Crippen molar-refractivity contribution in [2.45, 2.75) is 13.8 Å². The topological polar surface area (TPSA) is 42.0 Å². The van der Waals surface area contributed by atoms with Gasteiger partial charge in [-0.1, -0.05) is 6.07 Å². The van der Waals surface area contributed by atoms with E-state index < -0.39 is 0 Å². The van der Waals surface area contributed by atoms with Crippen molar-refractivity contribution in [1.29, 1.82) is 0 Å². The van der Waals surface area contributed by atoms with Gasteiger partial charge in [-0.25, -0.2) is 0 Å². The molecule has 2 rings (SSSR count). The number of anilines is 1. The number of halogens is 1. The Labute approximate surface area is 114 Å². The molecular formula is C14H13BrN2O. The minimum absolute atomic E-state index is 0.127. The third kappa shape index (κ3) is 2.96. The molecule has 4 heteroatoms. The molecule has 0 unspecified atom stereocenters. The van der Waals surface area contributed by atoms with Gasteiger partial charge in [0.2, 0.25) is 0 Å². The summed E-state index contributed by atoms with van der Waals surface area (Å²) in [6.45, 7) is 4.02. The quantitative estimate of drug-likeness (QED) is 0.919. The lowest BCUT2D eigenvalue weighted by Gasteiger charge is -2.07. The van der Waals surface area contributed by atoms with Crippen LogP contribution in [0.3, 0.4) is 0 Å². The van der Waals surface area contributed by atoms with Gasteiger partial charge in [0, 0.05) is 16.2 Å². The molecule has 0 saturated heterocycles. The Hall–Kier alpha value is -1.68. The Bertz CT molecular complexity index is 596. The Morgan fingerprint density at radius 1 is 1.17 bits per heavy atom. The van der Waals surface area contributed by atoms with E-state index in [-0.39, 0.29) is 5.91 Å². The number of nitrogens with one attached hydrogen (secondary N) is 1. The van der Waals surface area contributed by atoms with Crippen LogP contribution in [0, 0.1) is 13.8 Å². The van der Waals surface area contributed by atoms with Gasteiger partial charge < -0.3 is 5.32 Å². The van der Waals surface area contributed by atoms with Gasteiger partial charge in [0.15, 0.2) is 0 Å². The van der Waals surface area contributed by atoms with Crippen molar-refractivity contribution in [3.8, 4) is 0 Å². The van der Waals surface area contributed by atoms with E-state index in [1.165, 1.54) is 5.56 Å². The average Bonchev–Trinajstić information content (AvgIpc) is 2.32. The maximum absolute atomic E-state index is 12.0. The van der Waals surface area contributed by atoms with E-state index in [1.54, 1.807) is 12.4 Å². The van der Waals surface area contributed by atoms with Crippen LogP contribution in [0.4, 0.5) is 5.69 Å². The Kier molecular flexibility index (Phi) is 3.77. The number of hydrogen-bond donors (Lipinski definition) is 1. The molecule has 1 aromatic heterocycles. The molecular weight excluding hydrogens is 292 g/mol. The first kappa shape index (κ1) is 12.8. The number of hydrogen-bond acceptors (Lipinski definition) is 2. The van der Waals surface area contributed by atoms with E-state index in [4.69, 9.17) is 0 Å². The summed E-state index contributed by atoms with van der Waals surface area (Å²) in [4.78, 5) is 16.0. The van der Waals surface area contributed by atoms with E-state index in [0.717, 1.165) is 10.0 Å². The van der Waals surface area contributed by atoms with E-state index in [0.29, 0.717) is 11.3 Å². The molecule has 0 aliphatic heterocycles. The number of carbonyl (C=O) groups is 1. The summed E-state index contributed by atoms with van der Waals surface area (Å²) in [6, 6.07) is 7.47. The second-order valence-electron chi connectivity index (χ2n) is 4.14. The highest BCUT2D eigenvalue weighted by molar-refractivity contribution is 9.10. The van der Waals surface area contributed by atoms with Crippen molar-refractivity contribution in [1.82, 2.24) is 4.98 Å². The molecule has 1 N–H and O–H groups in total. The summed E-state index contributed by atoms with van der Waals surface area (Å²) in [5.41, 5.74) is 3.61. The van der Waals surface area contributed by atoms with Crippen LogP contribution in [0.1, 0.15) is 21.5 Å². The number of aryl methyl sites for hydroxylation is 2. The van der Waals surface area contributed by atoms with E-state index >= 15 is 0 Å². The predicted molar refractivity (Wildman–Crippen MR) is 75.8 cm³/mol. The lowest BCUT2D eigenvalue weighted by atomic mass is 10.1. The van der Waals surface area contributed by atoms with Crippen LogP contribution < -0.4 is 5.32 Å². The Morgan fingerprint density at radius 3 is 2.61 bits per heavy atom. The minimum Gasteiger partial charge on any atom is -0.321 e. The molecule has 0 fully saturated rings. The first-order valence-corrected chi connectivity index (χ1v) is 6.35. The minimum atomic E-state index is -0.127. The molecule has 1 amide bonds. The van der Waals surface area contributed by atoms with Gasteiger partial charge >= 0.3 is 0 Å². The largest absolute Gasteiger partial charge is 0.321 e. The molecule has 1 heterocycles.